The number of likely N-dealkylation sites (tertiary alicyclic amines) is 1. The van der Waals surface area contributed by atoms with Crippen molar-refractivity contribution in [2.45, 2.75) is 31.7 Å². The lowest BCUT2D eigenvalue weighted by Crippen LogP contribution is -2.62. The van der Waals surface area contributed by atoms with E-state index in [4.69, 9.17) is 0 Å². The Labute approximate surface area is 155 Å². The molecular weight excluding hydrogens is 328 g/mol. The summed E-state index contributed by atoms with van der Waals surface area (Å²) < 4.78 is 0. The first-order valence-electron chi connectivity index (χ1n) is 9.28. The van der Waals surface area contributed by atoms with Gasteiger partial charge in [-0.25, -0.2) is 0 Å². The summed E-state index contributed by atoms with van der Waals surface area (Å²) in [5.41, 5.74) is 0.711. The van der Waals surface area contributed by atoms with Gasteiger partial charge in [0, 0.05) is 44.7 Å². The molecule has 6 heteroatoms. The second kappa shape index (κ2) is 7.46. The summed E-state index contributed by atoms with van der Waals surface area (Å²) in [5, 5.41) is 9.30. The van der Waals surface area contributed by atoms with Crippen LogP contribution in [0, 0.1) is 11.3 Å². The van der Waals surface area contributed by atoms with Gasteiger partial charge in [0.2, 0.25) is 5.91 Å². The van der Waals surface area contributed by atoms with E-state index in [0.717, 1.165) is 32.5 Å². The summed E-state index contributed by atoms with van der Waals surface area (Å²) in [4.78, 5) is 31.4. The molecule has 1 atom stereocenters. The Bertz CT molecular complexity index is 742. The molecule has 1 aromatic carbocycles. The molecule has 0 aromatic heterocycles. The fourth-order valence-corrected chi connectivity index (χ4v) is 4.14. The minimum absolute atomic E-state index is 0.0856. The van der Waals surface area contributed by atoms with Gasteiger partial charge in [-0.05, 0) is 38.9 Å². The van der Waals surface area contributed by atoms with Crippen molar-refractivity contribution in [3.05, 3.63) is 35.4 Å². The first-order chi connectivity index (χ1) is 12.5. The van der Waals surface area contributed by atoms with Gasteiger partial charge in [-0.15, -0.1) is 0 Å². The summed E-state index contributed by atoms with van der Waals surface area (Å²) >= 11 is 0. The normalized spacial score (nSPS) is 24.4. The summed E-state index contributed by atoms with van der Waals surface area (Å²) in [6.07, 6.45) is 2.16. The summed E-state index contributed by atoms with van der Waals surface area (Å²) in [6, 6.07) is 9.09. The van der Waals surface area contributed by atoms with Crippen LogP contribution in [0.5, 0.6) is 0 Å². The Kier molecular flexibility index (Phi) is 5.28. The first-order valence-corrected chi connectivity index (χ1v) is 9.28. The highest BCUT2D eigenvalue weighted by Crippen LogP contribution is 2.32. The van der Waals surface area contributed by atoms with Crippen LogP contribution in [0.1, 0.15) is 42.1 Å². The van der Waals surface area contributed by atoms with Gasteiger partial charge in [0.25, 0.3) is 5.91 Å². The van der Waals surface area contributed by atoms with E-state index >= 15 is 0 Å². The Morgan fingerprint density at radius 3 is 2.73 bits per heavy atom. The number of benzene rings is 1. The van der Waals surface area contributed by atoms with Crippen LogP contribution in [-0.2, 0) is 4.79 Å². The van der Waals surface area contributed by atoms with Gasteiger partial charge in [-0.3, -0.25) is 14.5 Å². The first kappa shape index (κ1) is 18.4. The van der Waals surface area contributed by atoms with Crippen LogP contribution in [-0.4, -0.2) is 71.8 Å². The minimum atomic E-state index is -0.172. The van der Waals surface area contributed by atoms with Crippen LogP contribution in [0.15, 0.2) is 24.3 Å². The van der Waals surface area contributed by atoms with Crippen molar-refractivity contribution >= 4 is 11.8 Å². The molecule has 0 radical (unpaired) electrons. The number of nitrogens with zero attached hydrogens (tertiary/aromatic N) is 4. The van der Waals surface area contributed by atoms with Crippen LogP contribution >= 0.6 is 0 Å². The third-order valence-electron chi connectivity index (χ3n) is 5.95. The quantitative estimate of drug-likeness (QED) is 0.811. The second-order valence-electron chi connectivity index (χ2n) is 7.25. The van der Waals surface area contributed by atoms with Crippen LogP contribution in [0.2, 0.25) is 0 Å². The van der Waals surface area contributed by atoms with Crippen molar-refractivity contribution in [1.29, 1.82) is 5.26 Å². The lowest BCUT2D eigenvalue weighted by atomic mass is 9.86. The van der Waals surface area contributed by atoms with E-state index in [-0.39, 0.29) is 17.4 Å². The zero-order valence-corrected chi connectivity index (χ0v) is 15.6. The lowest BCUT2D eigenvalue weighted by molar-refractivity contribution is -0.130. The van der Waals surface area contributed by atoms with Crippen LogP contribution in [0.4, 0.5) is 0 Å². The molecule has 0 saturated carbocycles. The topological polar surface area (TPSA) is 67.6 Å². The Balaban J connectivity index is 1.83. The highest BCUT2D eigenvalue weighted by molar-refractivity contribution is 5.96. The van der Waals surface area contributed by atoms with E-state index in [1.165, 1.54) is 0 Å². The molecule has 2 aliphatic heterocycles. The van der Waals surface area contributed by atoms with Crippen molar-refractivity contribution in [3.63, 3.8) is 0 Å². The average Bonchev–Trinajstić information content (AvgIpc) is 2.83. The Morgan fingerprint density at radius 1 is 1.23 bits per heavy atom. The van der Waals surface area contributed by atoms with Gasteiger partial charge in [0.05, 0.1) is 17.2 Å². The summed E-state index contributed by atoms with van der Waals surface area (Å²) in [5.74, 6) is 0.119. The third kappa shape index (κ3) is 3.32. The van der Waals surface area contributed by atoms with E-state index in [9.17, 15) is 14.9 Å². The Hall–Kier alpha value is -2.39. The molecule has 1 spiro atoms. The van der Waals surface area contributed by atoms with Crippen molar-refractivity contribution in [1.82, 2.24) is 14.7 Å². The number of hydrogen-bond acceptors (Lipinski definition) is 4. The second-order valence-corrected chi connectivity index (χ2v) is 7.25. The van der Waals surface area contributed by atoms with Crippen molar-refractivity contribution in [2.24, 2.45) is 0 Å². The molecule has 0 bridgehead atoms. The van der Waals surface area contributed by atoms with E-state index in [2.05, 4.69) is 18.0 Å². The molecule has 2 fully saturated rings. The van der Waals surface area contributed by atoms with Crippen LogP contribution in [0.25, 0.3) is 0 Å². The number of hydrogen-bond donors (Lipinski definition) is 0. The van der Waals surface area contributed by atoms with Crippen molar-refractivity contribution in [3.8, 4) is 6.07 Å². The predicted octanol–water partition coefficient (Wildman–Crippen LogP) is 1.72. The van der Waals surface area contributed by atoms with Gasteiger partial charge in [0.1, 0.15) is 0 Å². The smallest absolute Gasteiger partial charge is 0.255 e. The SMILES string of the molecule is CCN1CC[C@@]2(CCC1=O)CN(C(=O)c1ccccc1C#N)CCN2C. The summed E-state index contributed by atoms with van der Waals surface area (Å²) in [7, 11) is 2.09. The maximum absolute atomic E-state index is 13.1. The van der Waals surface area contributed by atoms with Gasteiger partial charge in [-0.2, -0.15) is 5.26 Å². The van der Waals surface area contributed by atoms with E-state index in [1.54, 1.807) is 24.3 Å². The number of amides is 2. The third-order valence-corrected chi connectivity index (χ3v) is 5.95. The molecule has 2 amide bonds. The molecule has 138 valence electrons. The van der Waals surface area contributed by atoms with Gasteiger partial charge < -0.3 is 9.80 Å². The fraction of sp³-hybridized carbons (Fsp3) is 0.550. The van der Waals surface area contributed by atoms with Gasteiger partial charge in [0.15, 0.2) is 0 Å². The molecule has 1 aromatic rings. The zero-order valence-electron chi connectivity index (χ0n) is 15.6. The van der Waals surface area contributed by atoms with Gasteiger partial charge in [-0.1, -0.05) is 12.1 Å². The summed E-state index contributed by atoms with van der Waals surface area (Å²) in [6.45, 7) is 5.50. The van der Waals surface area contributed by atoms with Crippen LogP contribution < -0.4 is 0 Å². The zero-order chi connectivity index (χ0) is 18.7. The number of rotatable bonds is 2. The largest absolute Gasteiger partial charge is 0.343 e. The monoisotopic (exact) mass is 354 g/mol. The molecule has 0 N–H and O–H groups in total. The molecular formula is C20H26N4O2. The minimum Gasteiger partial charge on any atom is -0.343 e. The van der Waals surface area contributed by atoms with Gasteiger partial charge >= 0.3 is 0 Å². The molecule has 0 unspecified atom stereocenters. The highest BCUT2D eigenvalue weighted by atomic mass is 16.2. The molecule has 6 nitrogen and oxygen atoms in total. The Morgan fingerprint density at radius 2 is 2.00 bits per heavy atom. The highest BCUT2D eigenvalue weighted by Gasteiger charge is 2.43. The van der Waals surface area contributed by atoms with Crippen molar-refractivity contribution in [2.75, 3.05) is 39.8 Å². The molecule has 2 aliphatic rings. The average molecular weight is 354 g/mol. The van der Waals surface area contributed by atoms with Crippen LogP contribution in [0.3, 0.4) is 0 Å². The number of likely N-dealkylation sites (N-methyl/N-ethyl adjacent to an activating group) is 1. The fourth-order valence-electron chi connectivity index (χ4n) is 4.14. The molecule has 0 aliphatic carbocycles. The number of carbonyl (C=O) groups is 2. The van der Waals surface area contributed by atoms with E-state index in [1.807, 2.05) is 16.7 Å². The van der Waals surface area contributed by atoms with E-state index < -0.39 is 0 Å². The van der Waals surface area contributed by atoms with E-state index in [0.29, 0.717) is 30.6 Å². The maximum atomic E-state index is 13.1. The molecule has 2 saturated heterocycles. The molecule has 26 heavy (non-hydrogen) atoms. The standard InChI is InChI=1S/C20H26N4O2/c1-3-23-11-10-20(9-8-18(23)25)15-24(13-12-22(20)2)19(26)17-7-5-4-6-16(17)14-21/h4-7H,3,8-13,15H2,1-2H3/t20-/m0/s1. The number of piperazine rings is 1. The maximum Gasteiger partial charge on any atom is 0.255 e. The lowest BCUT2D eigenvalue weighted by Gasteiger charge is -2.49. The predicted molar refractivity (Wildman–Crippen MR) is 98.5 cm³/mol. The number of carbonyl (C=O) groups excluding carboxylic acids is 2. The molecule has 2 heterocycles. The molecule has 3 rings (SSSR count). The number of nitriles is 1. The van der Waals surface area contributed by atoms with Crippen molar-refractivity contribution < 1.29 is 9.59 Å².